The van der Waals surface area contributed by atoms with Gasteiger partial charge in [-0.15, -0.1) is 17.0 Å². The molecular formula is C28H37BrN2O2. The van der Waals surface area contributed by atoms with Gasteiger partial charge in [0.15, 0.2) is 5.78 Å². The predicted octanol–water partition coefficient (Wildman–Crippen LogP) is 6.82. The summed E-state index contributed by atoms with van der Waals surface area (Å²) in [6, 6.07) is 11.9. The Morgan fingerprint density at radius 2 is 1.55 bits per heavy atom. The van der Waals surface area contributed by atoms with Crippen LogP contribution in [0.2, 0.25) is 0 Å². The maximum absolute atomic E-state index is 13.3. The molecule has 1 heterocycles. The summed E-state index contributed by atoms with van der Waals surface area (Å²) in [6.07, 6.45) is 2.80. The van der Waals surface area contributed by atoms with Gasteiger partial charge in [-0.1, -0.05) is 71.4 Å². The van der Waals surface area contributed by atoms with Crippen molar-refractivity contribution in [2.45, 2.75) is 65.7 Å². The van der Waals surface area contributed by atoms with Crippen LogP contribution in [0.25, 0.3) is 6.08 Å². The molecule has 0 atom stereocenters. The number of hydrogen-bond acceptors (Lipinski definition) is 3. The fraction of sp³-hybridized carbons (Fsp3) is 0.429. The van der Waals surface area contributed by atoms with Gasteiger partial charge in [-0.2, -0.15) is 0 Å². The lowest BCUT2D eigenvalue weighted by atomic mass is 9.78. The largest absolute Gasteiger partial charge is 0.507 e. The number of phenols is 1. The van der Waals surface area contributed by atoms with E-state index in [1.54, 1.807) is 0 Å². The number of rotatable bonds is 4. The van der Waals surface area contributed by atoms with Crippen LogP contribution < -0.4 is 0 Å². The van der Waals surface area contributed by atoms with Crippen molar-refractivity contribution in [3.63, 3.8) is 0 Å². The van der Waals surface area contributed by atoms with Crippen molar-refractivity contribution in [2.24, 2.45) is 0 Å². The molecule has 0 aliphatic carbocycles. The highest BCUT2D eigenvalue weighted by molar-refractivity contribution is 8.93. The molecule has 3 rings (SSSR count). The van der Waals surface area contributed by atoms with Gasteiger partial charge in [0.2, 0.25) is 0 Å². The Morgan fingerprint density at radius 3 is 2.03 bits per heavy atom. The SMILES string of the molecule is Br.Cc1ccc(C=C2CCN(CC(=O)c3cc(C(C)(C)C)c(O)c(C(C)(C)C)c3)C2=N)cc1. The number of hydrogen-bond donors (Lipinski definition) is 2. The molecule has 2 aromatic carbocycles. The molecule has 4 nitrogen and oxygen atoms in total. The number of nitrogens with zero attached hydrogens (tertiary/aromatic N) is 1. The summed E-state index contributed by atoms with van der Waals surface area (Å²) in [6.45, 7) is 15.1. The highest BCUT2D eigenvalue weighted by Crippen LogP contribution is 2.40. The van der Waals surface area contributed by atoms with E-state index in [0.29, 0.717) is 17.9 Å². The van der Waals surface area contributed by atoms with Crippen molar-refractivity contribution in [3.05, 3.63) is 69.8 Å². The average Bonchev–Trinajstić information content (AvgIpc) is 3.01. The molecule has 0 amide bonds. The van der Waals surface area contributed by atoms with Gasteiger partial charge >= 0.3 is 0 Å². The molecule has 5 heteroatoms. The fourth-order valence-corrected chi connectivity index (χ4v) is 4.05. The predicted molar refractivity (Wildman–Crippen MR) is 143 cm³/mol. The number of carbonyl (C=O) groups excluding carboxylic acids is 1. The number of aryl methyl sites for hydroxylation is 1. The van der Waals surface area contributed by atoms with Crippen LogP contribution in [0.5, 0.6) is 5.75 Å². The molecule has 33 heavy (non-hydrogen) atoms. The number of halogens is 1. The number of aromatic hydroxyl groups is 1. The minimum atomic E-state index is -0.287. The maximum atomic E-state index is 13.3. The van der Waals surface area contributed by atoms with Gasteiger partial charge in [-0.3, -0.25) is 10.2 Å². The zero-order chi connectivity index (χ0) is 23.8. The van der Waals surface area contributed by atoms with Crippen LogP contribution in [0, 0.1) is 12.3 Å². The van der Waals surface area contributed by atoms with Crippen LogP contribution in [-0.4, -0.2) is 34.7 Å². The number of phenolic OH excluding ortho intramolecular Hbond substituents is 1. The molecule has 0 aromatic heterocycles. The zero-order valence-corrected chi connectivity index (χ0v) is 22.6. The topological polar surface area (TPSA) is 64.4 Å². The van der Waals surface area contributed by atoms with Crippen molar-refractivity contribution in [2.75, 3.05) is 13.1 Å². The number of Topliss-reactive ketones (excluding diaryl/α,β-unsaturated/α-hetero) is 1. The van der Waals surface area contributed by atoms with E-state index in [0.717, 1.165) is 28.7 Å². The standard InChI is InChI=1S/C28H36N2O2.BrH/c1-18-8-10-19(11-9-18)14-20-12-13-30(26(20)29)17-24(31)21-15-22(27(2,3)4)25(32)23(16-21)28(5,6)7;/h8-11,14-16,29,32H,12-13,17H2,1-7H3;1H. The third-order valence-corrected chi connectivity index (χ3v) is 6.07. The lowest BCUT2D eigenvalue weighted by Gasteiger charge is -2.28. The molecule has 2 aromatic rings. The van der Waals surface area contributed by atoms with Gasteiger partial charge in [0, 0.05) is 23.2 Å². The molecule has 1 aliphatic heterocycles. The summed E-state index contributed by atoms with van der Waals surface area (Å²) in [5, 5.41) is 19.5. The molecule has 1 saturated heterocycles. The normalized spacial score (nSPS) is 15.7. The first-order valence-electron chi connectivity index (χ1n) is 11.3. The average molecular weight is 514 g/mol. The maximum Gasteiger partial charge on any atom is 0.182 e. The number of amidine groups is 1. The van der Waals surface area contributed by atoms with E-state index in [2.05, 4.69) is 31.2 Å². The Morgan fingerprint density at radius 1 is 1.03 bits per heavy atom. The number of carbonyl (C=O) groups is 1. The molecule has 1 aliphatic rings. The third kappa shape index (κ3) is 6.14. The Labute approximate surface area is 209 Å². The van der Waals surface area contributed by atoms with Crippen molar-refractivity contribution in [1.29, 1.82) is 5.41 Å². The third-order valence-electron chi connectivity index (χ3n) is 6.07. The Hall–Kier alpha value is -2.40. The van der Waals surface area contributed by atoms with Crippen molar-refractivity contribution < 1.29 is 9.90 Å². The fourth-order valence-electron chi connectivity index (χ4n) is 4.05. The summed E-state index contributed by atoms with van der Waals surface area (Å²) in [5.41, 5.74) is 4.83. The number of benzene rings is 2. The smallest absolute Gasteiger partial charge is 0.182 e. The number of nitrogens with one attached hydrogen (secondary N) is 1. The summed E-state index contributed by atoms with van der Waals surface area (Å²) in [5.74, 6) is 0.672. The first kappa shape index (κ1) is 26.8. The van der Waals surface area contributed by atoms with Crippen LogP contribution in [0.15, 0.2) is 42.0 Å². The van der Waals surface area contributed by atoms with E-state index in [9.17, 15) is 9.90 Å². The van der Waals surface area contributed by atoms with E-state index in [1.165, 1.54) is 5.56 Å². The van der Waals surface area contributed by atoms with E-state index in [1.807, 2.05) is 64.7 Å². The lowest BCUT2D eigenvalue weighted by Crippen LogP contribution is -2.31. The molecule has 2 N–H and O–H groups in total. The molecule has 0 spiro atoms. The minimum absolute atomic E-state index is 0. The number of likely N-dealkylation sites (tertiary alicyclic amines) is 1. The molecular weight excluding hydrogens is 476 g/mol. The van der Waals surface area contributed by atoms with Crippen LogP contribution >= 0.6 is 17.0 Å². The molecule has 0 bridgehead atoms. The lowest BCUT2D eigenvalue weighted by molar-refractivity contribution is 0.0965. The first-order chi connectivity index (χ1) is 14.8. The molecule has 0 saturated carbocycles. The monoisotopic (exact) mass is 512 g/mol. The zero-order valence-electron chi connectivity index (χ0n) is 20.9. The second-order valence-electron chi connectivity index (χ2n) is 10.9. The quantitative estimate of drug-likeness (QED) is 0.441. The van der Waals surface area contributed by atoms with Gasteiger partial charge in [0.25, 0.3) is 0 Å². The first-order valence-corrected chi connectivity index (χ1v) is 11.3. The van der Waals surface area contributed by atoms with E-state index < -0.39 is 0 Å². The van der Waals surface area contributed by atoms with Gasteiger partial charge in [0.05, 0.1) is 6.54 Å². The van der Waals surface area contributed by atoms with Crippen LogP contribution in [0.4, 0.5) is 0 Å². The van der Waals surface area contributed by atoms with E-state index in [-0.39, 0.29) is 45.9 Å². The van der Waals surface area contributed by atoms with Gasteiger partial charge in [-0.05, 0) is 53.5 Å². The minimum Gasteiger partial charge on any atom is -0.507 e. The van der Waals surface area contributed by atoms with Gasteiger partial charge in [-0.25, -0.2) is 0 Å². The summed E-state index contributed by atoms with van der Waals surface area (Å²) >= 11 is 0. The molecule has 178 valence electrons. The van der Waals surface area contributed by atoms with Crippen molar-refractivity contribution in [1.82, 2.24) is 4.90 Å². The Balaban J connectivity index is 0.00000385. The summed E-state index contributed by atoms with van der Waals surface area (Å²) < 4.78 is 0. The number of ketones is 1. The molecule has 0 radical (unpaired) electrons. The highest BCUT2D eigenvalue weighted by atomic mass is 79.9. The van der Waals surface area contributed by atoms with Crippen LogP contribution in [-0.2, 0) is 10.8 Å². The highest BCUT2D eigenvalue weighted by Gasteiger charge is 2.29. The Bertz CT molecular complexity index is 1040. The van der Waals surface area contributed by atoms with Crippen LogP contribution in [0.1, 0.15) is 80.6 Å². The Kier molecular flexibility index (Phi) is 8.01. The second kappa shape index (κ2) is 9.84. The van der Waals surface area contributed by atoms with E-state index >= 15 is 0 Å². The van der Waals surface area contributed by atoms with Crippen molar-refractivity contribution >= 4 is 34.7 Å². The molecule has 0 unspecified atom stereocenters. The van der Waals surface area contributed by atoms with Crippen LogP contribution in [0.3, 0.4) is 0 Å². The van der Waals surface area contributed by atoms with E-state index in [4.69, 9.17) is 5.41 Å². The summed E-state index contributed by atoms with van der Waals surface area (Å²) in [4.78, 5) is 15.1. The molecule has 1 fully saturated rings. The van der Waals surface area contributed by atoms with Gasteiger partial charge < -0.3 is 10.0 Å². The second-order valence-corrected chi connectivity index (χ2v) is 10.9. The van der Waals surface area contributed by atoms with Crippen molar-refractivity contribution in [3.8, 4) is 5.75 Å². The summed E-state index contributed by atoms with van der Waals surface area (Å²) in [7, 11) is 0. The van der Waals surface area contributed by atoms with Gasteiger partial charge in [0.1, 0.15) is 11.6 Å².